The van der Waals surface area contributed by atoms with E-state index in [1.54, 1.807) is 7.11 Å². The van der Waals surface area contributed by atoms with Gasteiger partial charge in [0.05, 0.1) is 25.9 Å². The van der Waals surface area contributed by atoms with Crippen molar-refractivity contribution < 1.29 is 14.3 Å². The molecule has 0 amide bonds. The summed E-state index contributed by atoms with van der Waals surface area (Å²) in [6.45, 7) is 0. The van der Waals surface area contributed by atoms with E-state index in [0.29, 0.717) is 5.71 Å². The Morgan fingerprint density at radius 1 is 1.25 bits per heavy atom. The number of carbonyl (C=O) groups is 1. The number of hydrogen-bond donors (Lipinski definition) is 0. The molecule has 0 bridgehead atoms. The van der Waals surface area contributed by atoms with Gasteiger partial charge in [-0.2, -0.15) is 5.10 Å². The molecule has 1 aliphatic heterocycles. The zero-order valence-corrected chi connectivity index (χ0v) is 11.7. The predicted molar refractivity (Wildman–Crippen MR) is 76.1 cm³/mol. The Morgan fingerprint density at radius 2 is 2.00 bits per heavy atom. The molecule has 106 valence electrons. The van der Waals surface area contributed by atoms with Gasteiger partial charge in [0.25, 0.3) is 0 Å². The molecule has 2 aliphatic rings. The summed E-state index contributed by atoms with van der Waals surface area (Å²) in [6.07, 6.45) is 3.18. The Hall–Kier alpha value is -2.04. The van der Waals surface area contributed by atoms with Crippen molar-refractivity contribution in [1.29, 1.82) is 0 Å². The molecule has 0 saturated heterocycles. The van der Waals surface area contributed by atoms with Gasteiger partial charge >= 0.3 is 5.97 Å². The Morgan fingerprint density at radius 3 is 2.65 bits per heavy atom. The van der Waals surface area contributed by atoms with Crippen molar-refractivity contribution in [2.75, 3.05) is 19.2 Å². The zero-order chi connectivity index (χ0) is 14.1. The van der Waals surface area contributed by atoms with Crippen LogP contribution in [0.25, 0.3) is 0 Å². The molecule has 3 rings (SSSR count). The van der Waals surface area contributed by atoms with E-state index in [9.17, 15) is 4.79 Å². The second kappa shape index (κ2) is 5.15. The maximum Gasteiger partial charge on any atom is 0.354 e. The summed E-state index contributed by atoms with van der Waals surface area (Å²) in [4.78, 5) is 11.8. The molecule has 2 unspecified atom stereocenters. The number of ether oxygens (including phenoxy) is 2. The van der Waals surface area contributed by atoms with Gasteiger partial charge in [-0.15, -0.1) is 0 Å². The van der Waals surface area contributed by atoms with Gasteiger partial charge in [-0.25, -0.2) is 4.79 Å². The third-order valence-electron chi connectivity index (χ3n) is 4.09. The number of hydrazone groups is 1. The van der Waals surface area contributed by atoms with Crippen molar-refractivity contribution in [3.63, 3.8) is 0 Å². The highest BCUT2D eigenvalue weighted by Crippen LogP contribution is 2.39. The largest absolute Gasteiger partial charge is 0.497 e. The quantitative estimate of drug-likeness (QED) is 0.793. The first-order chi connectivity index (χ1) is 9.74. The second-order valence-corrected chi connectivity index (χ2v) is 5.12. The minimum Gasteiger partial charge on any atom is -0.497 e. The lowest BCUT2D eigenvalue weighted by molar-refractivity contribution is -0.133. The molecule has 5 nitrogen and oxygen atoms in total. The van der Waals surface area contributed by atoms with Crippen molar-refractivity contribution in [2.45, 2.75) is 25.3 Å². The van der Waals surface area contributed by atoms with Crippen molar-refractivity contribution in [3.05, 3.63) is 24.3 Å². The molecule has 1 aliphatic carbocycles. The molecule has 0 radical (unpaired) electrons. The van der Waals surface area contributed by atoms with Gasteiger partial charge < -0.3 is 9.47 Å². The zero-order valence-electron chi connectivity index (χ0n) is 11.7. The predicted octanol–water partition coefficient (Wildman–Crippen LogP) is 2.21. The van der Waals surface area contributed by atoms with Crippen molar-refractivity contribution >= 4 is 17.4 Å². The van der Waals surface area contributed by atoms with Crippen LogP contribution in [0.2, 0.25) is 0 Å². The van der Waals surface area contributed by atoms with Crippen LogP contribution in [0.4, 0.5) is 5.69 Å². The van der Waals surface area contributed by atoms with E-state index in [1.165, 1.54) is 7.11 Å². The number of rotatable bonds is 3. The maximum atomic E-state index is 11.8. The van der Waals surface area contributed by atoms with Crippen LogP contribution in [-0.4, -0.2) is 31.9 Å². The minimum atomic E-state index is -0.307. The molecule has 1 heterocycles. The molecule has 1 fully saturated rings. The van der Waals surface area contributed by atoms with E-state index < -0.39 is 0 Å². The fourth-order valence-electron chi connectivity index (χ4n) is 3.10. The maximum absolute atomic E-state index is 11.8. The molecular weight excluding hydrogens is 256 g/mol. The molecule has 1 aromatic carbocycles. The first kappa shape index (κ1) is 13.0. The van der Waals surface area contributed by atoms with Gasteiger partial charge in [0, 0.05) is 5.92 Å². The lowest BCUT2D eigenvalue weighted by Gasteiger charge is -2.22. The van der Waals surface area contributed by atoms with Crippen LogP contribution in [0.5, 0.6) is 5.75 Å². The highest BCUT2D eigenvalue weighted by atomic mass is 16.5. The molecule has 5 heteroatoms. The fourth-order valence-corrected chi connectivity index (χ4v) is 3.10. The summed E-state index contributed by atoms with van der Waals surface area (Å²) in [7, 11) is 3.05. The van der Waals surface area contributed by atoms with Gasteiger partial charge in [0.15, 0.2) is 5.71 Å². The van der Waals surface area contributed by atoms with E-state index in [2.05, 4.69) is 5.10 Å². The smallest absolute Gasteiger partial charge is 0.354 e. The Labute approximate surface area is 118 Å². The Bertz CT molecular complexity index is 539. The second-order valence-electron chi connectivity index (χ2n) is 5.12. The van der Waals surface area contributed by atoms with E-state index >= 15 is 0 Å². The topological polar surface area (TPSA) is 51.1 Å². The Kier molecular flexibility index (Phi) is 3.34. The summed E-state index contributed by atoms with van der Waals surface area (Å²) in [5.74, 6) is 0.704. The van der Waals surface area contributed by atoms with Crippen LogP contribution in [0.1, 0.15) is 19.3 Å². The van der Waals surface area contributed by atoms with Crippen LogP contribution in [-0.2, 0) is 9.53 Å². The summed E-state index contributed by atoms with van der Waals surface area (Å²) >= 11 is 0. The number of carbonyl (C=O) groups excluding carboxylic acids is 1. The first-order valence-corrected chi connectivity index (χ1v) is 6.84. The van der Waals surface area contributed by atoms with E-state index in [-0.39, 0.29) is 17.9 Å². The summed E-state index contributed by atoms with van der Waals surface area (Å²) in [5.41, 5.74) is 1.55. The lowest BCUT2D eigenvalue weighted by Crippen LogP contribution is -2.30. The van der Waals surface area contributed by atoms with E-state index in [1.807, 2.05) is 29.3 Å². The first-order valence-electron chi connectivity index (χ1n) is 6.84. The van der Waals surface area contributed by atoms with Crippen LogP contribution in [0.3, 0.4) is 0 Å². The normalized spacial score (nSPS) is 24.3. The average molecular weight is 274 g/mol. The van der Waals surface area contributed by atoms with Crippen molar-refractivity contribution in [3.8, 4) is 5.75 Å². The molecule has 2 atom stereocenters. The number of nitrogens with zero attached hydrogens (tertiary/aromatic N) is 2. The SMILES string of the molecule is COC(=O)C1=NN(c2ccc(OC)cc2)C2CCCC12. The van der Waals surface area contributed by atoms with Crippen LogP contribution in [0.15, 0.2) is 29.4 Å². The summed E-state index contributed by atoms with van der Waals surface area (Å²) in [5, 5.41) is 6.47. The van der Waals surface area contributed by atoms with Gasteiger partial charge in [0.2, 0.25) is 0 Å². The average Bonchev–Trinajstić information content (AvgIpc) is 3.08. The van der Waals surface area contributed by atoms with Gasteiger partial charge in [-0.1, -0.05) is 6.42 Å². The van der Waals surface area contributed by atoms with Crippen molar-refractivity contribution in [2.24, 2.45) is 11.0 Å². The molecule has 0 spiro atoms. The molecular formula is C15H18N2O3. The third kappa shape index (κ3) is 2.03. The van der Waals surface area contributed by atoms with Crippen LogP contribution in [0, 0.1) is 5.92 Å². The summed E-state index contributed by atoms with van der Waals surface area (Å²) < 4.78 is 10.0. The molecule has 1 saturated carbocycles. The number of fused-ring (bicyclic) bond motifs is 1. The highest BCUT2D eigenvalue weighted by molar-refractivity contribution is 6.38. The van der Waals surface area contributed by atoms with Crippen molar-refractivity contribution in [1.82, 2.24) is 0 Å². The monoisotopic (exact) mass is 274 g/mol. The highest BCUT2D eigenvalue weighted by Gasteiger charge is 2.44. The molecule has 20 heavy (non-hydrogen) atoms. The van der Waals surface area contributed by atoms with E-state index in [0.717, 1.165) is 30.7 Å². The third-order valence-corrected chi connectivity index (χ3v) is 4.09. The Balaban J connectivity index is 1.91. The molecule has 0 aromatic heterocycles. The lowest BCUT2D eigenvalue weighted by atomic mass is 9.99. The number of benzene rings is 1. The molecule has 1 aromatic rings. The standard InChI is InChI=1S/C15H18N2O3/c1-19-11-8-6-10(7-9-11)17-13-5-3-4-12(13)14(16-17)15(18)20-2/h6-9,12-13H,3-5H2,1-2H3. The number of methoxy groups -OCH3 is 2. The van der Waals surface area contributed by atoms with Crippen LogP contribution < -0.4 is 9.75 Å². The van der Waals surface area contributed by atoms with Gasteiger partial charge in [0.1, 0.15) is 5.75 Å². The van der Waals surface area contributed by atoms with Gasteiger partial charge in [-0.3, -0.25) is 5.01 Å². The number of anilines is 1. The van der Waals surface area contributed by atoms with Crippen LogP contribution >= 0.6 is 0 Å². The molecule has 0 N–H and O–H groups in total. The minimum absolute atomic E-state index is 0.199. The van der Waals surface area contributed by atoms with E-state index in [4.69, 9.17) is 9.47 Å². The number of esters is 1. The fraction of sp³-hybridized carbons (Fsp3) is 0.467. The summed E-state index contributed by atoms with van der Waals surface area (Å²) in [6, 6.07) is 8.03. The van der Waals surface area contributed by atoms with Gasteiger partial charge in [-0.05, 0) is 37.1 Å². The number of hydrogen-bond acceptors (Lipinski definition) is 5.